The summed E-state index contributed by atoms with van der Waals surface area (Å²) < 4.78 is 10.00. The monoisotopic (exact) mass is 367 g/mol. The Morgan fingerprint density at radius 1 is 1.16 bits per heavy atom. The van der Waals surface area contributed by atoms with Crippen LogP contribution in [0, 0.1) is 5.92 Å². The Morgan fingerprint density at radius 3 is 2.56 bits per heavy atom. The van der Waals surface area contributed by atoms with Crippen molar-refractivity contribution in [3.63, 3.8) is 0 Å². The van der Waals surface area contributed by atoms with Gasteiger partial charge in [0.25, 0.3) is 0 Å². The predicted octanol–water partition coefficient (Wildman–Crippen LogP) is 3.33. The molecule has 138 valence electrons. The summed E-state index contributed by atoms with van der Waals surface area (Å²) in [6.07, 6.45) is 2.80. The van der Waals surface area contributed by atoms with Gasteiger partial charge in [-0.1, -0.05) is 6.92 Å². The van der Waals surface area contributed by atoms with Crippen LogP contribution >= 0.6 is 11.3 Å². The highest BCUT2D eigenvalue weighted by Crippen LogP contribution is 2.40. The topological polar surface area (TPSA) is 81.7 Å². The van der Waals surface area contributed by atoms with Crippen LogP contribution in [0.25, 0.3) is 0 Å². The van der Waals surface area contributed by atoms with E-state index in [1.165, 1.54) is 11.3 Å². The molecule has 7 heteroatoms. The highest BCUT2D eigenvalue weighted by atomic mass is 32.1. The maximum absolute atomic E-state index is 12.4. The van der Waals surface area contributed by atoms with E-state index in [-0.39, 0.29) is 25.4 Å². The van der Waals surface area contributed by atoms with E-state index in [0.717, 1.165) is 29.7 Å². The molecule has 0 bridgehead atoms. The molecule has 0 saturated carbocycles. The van der Waals surface area contributed by atoms with E-state index in [1.54, 1.807) is 13.8 Å². The van der Waals surface area contributed by atoms with E-state index in [4.69, 9.17) is 9.47 Å². The third-order valence-electron chi connectivity index (χ3n) is 4.11. The highest BCUT2D eigenvalue weighted by molar-refractivity contribution is 7.17. The minimum Gasteiger partial charge on any atom is -0.466 e. The molecule has 1 aromatic heterocycles. The van der Waals surface area contributed by atoms with Crippen molar-refractivity contribution in [2.24, 2.45) is 5.92 Å². The zero-order valence-corrected chi connectivity index (χ0v) is 15.8. The molecular formula is C18H25NO5S. The fourth-order valence-corrected chi connectivity index (χ4v) is 4.31. The number of rotatable bonds is 7. The van der Waals surface area contributed by atoms with Crippen molar-refractivity contribution in [2.75, 3.05) is 18.5 Å². The van der Waals surface area contributed by atoms with Crippen molar-refractivity contribution in [1.82, 2.24) is 0 Å². The number of ether oxygens (including phenoxy) is 2. The van der Waals surface area contributed by atoms with Gasteiger partial charge in [-0.3, -0.25) is 9.59 Å². The first-order valence-electron chi connectivity index (χ1n) is 8.73. The number of carbonyl (C=O) groups excluding carboxylic acids is 3. The van der Waals surface area contributed by atoms with Crippen LogP contribution < -0.4 is 5.32 Å². The number of thiophene rings is 1. The van der Waals surface area contributed by atoms with Crippen molar-refractivity contribution < 1.29 is 23.9 Å². The summed E-state index contributed by atoms with van der Waals surface area (Å²) in [6.45, 7) is 6.25. The van der Waals surface area contributed by atoms with Crippen molar-refractivity contribution in [2.45, 2.75) is 52.9 Å². The second kappa shape index (κ2) is 8.99. The molecule has 1 aromatic rings. The molecule has 1 aliphatic carbocycles. The van der Waals surface area contributed by atoms with Gasteiger partial charge < -0.3 is 14.8 Å². The number of amides is 1. The van der Waals surface area contributed by atoms with Crippen LogP contribution in [-0.4, -0.2) is 31.1 Å². The van der Waals surface area contributed by atoms with Crippen molar-refractivity contribution in [1.29, 1.82) is 0 Å². The number of hydrogen-bond donors (Lipinski definition) is 1. The van der Waals surface area contributed by atoms with Crippen molar-refractivity contribution in [3.05, 3.63) is 16.0 Å². The quantitative estimate of drug-likeness (QED) is 0.748. The SMILES string of the molecule is CCOC(=O)CCC(=O)Nc1sc2c(c1C(=O)OCC)CC[C@H](C)C2. The van der Waals surface area contributed by atoms with Gasteiger partial charge >= 0.3 is 11.9 Å². The molecule has 0 saturated heterocycles. The molecule has 0 fully saturated rings. The van der Waals surface area contributed by atoms with Gasteiger partial charge in [0.2, 0.25) is 5.91 Å². The summed E-state index contributed by atoms with van der Waals surface area (Å²) in [4.78, 5) is 37.1. The third kappa shape index (κ3) is 5.04. The molecule has 25 heavy (non-hydrogen) atoms. The molecule has 2 rings (SSSR count). The van der Waals surface area contributed by atoms with Crippen molar-refractivity contribution in [3.8, 4) is 0 Å². The van der Waals surface area contributed by atoms with Crippen LogP contribution in [0.15, 0.2) is 0 Å². The number of fused-ring (bicyclic) bond motifs is 1. The zero-order valence-electron chi connectivity index (χ0n) is 15.0. The first-order chi connectivity index (χ1) is 12.0. The number of esters is 2. The molecule has 1 atom stereocenters. The zero-order chi connectivity index (χ0) is 18.4. The van der Waals surface area contributed by atoms with E-state index in [2.05, 4.69) is 12.2 Å². The van der Waals surface area contributed by atoms with Crippen LogP contribution in [0.2, 0.25) is 0 Å². The molecule has 0 aromatic carbocycles. The summed E-state index contributed by atoms with van der Waals surface area (Å²) in [5.41, 5.74) is 1.49. The van der Waals surface area contributed by atoms with Crippen LogP contribution in [0.4, 0.5) is 5.00 Å². The fraction of sp³-hybridized carbons (Fsp3) is 0.611. The van der Waals surface area contributed by atoms with Crippen LogP contribution in [0.5, 0.6) is 0 Å². The maximum Gasteiger partial charge on any atom is 0.341 e. The first-order valence-corrected chi connectivity index (χ1v) is 9.54. The highest BCUT2D eigenvalue weighted by Gasteiger charge is 2.29. The normalized spacial score (nSPS) is 16.0. The van der Waals surface area contributed by atoms with Crippen LogP contribution in [-0.2, 0) is 31.9 Å². The molecule has 6 nitrogen and oxygen atoms in total. The van der Waals surface area contributed by atoms with E-state index >= 15 is 0 Å². The Labute approximate surface area is 151 Å². The van der Waals surface area contributed by atoms with E-state index in [0.29, 0.717) is 23.1 Å². The molecule has 1 aliphatic rings. The van der Waals surface area contributed by atoms with Gasteiger partial charge in [0.05, 0.1) is 25.2 Å². The molecule has 0 unspecified atom stereocenters. The maximum atomic E-state index is 12.4. The first kappa shape index (κ1) is 19.4. The molecular weight excluding hydrogens is 342 g/mol. The Bertz CT molecular complexity index is 652. The lowest BCUT2D eigenvalue weighted by atomic mass is 9.88. The van der Waals surface area contributed by atoms with Gasteiger partial charge in [-0.2, -0.15) is 0 Å². The molecule has 1 heterocycles. The number of carbonyl (C=O) groups is 3. The lowest BCUT2D eigenvalue weighted by Gasteiger charge is -2.18. The standard InChI is InChI=1S/C18H25NO5S/c1-4-23-15(21)9-8-14(20)19-17-16(18(22)24-5-2)12-7-6-11(3)10-13(12)25-17/h11H,4-10H2,1-3H3,(H,19,20)/t11-/m0/s1. The average Bonchev–Trinajstić information content (AvgIpc) is 2.90. The van der Waals surface area contributed by atoms with Crippen LogP contribution in [0.3, 0.4) is 0 Å². The second-order valence-corrected chi connectivity index (χ2v) is 7.23. The Morgan fingerprint density at radius 2 is 1.88 bits per heavy atom. The Kier molecular flexibility index (Phi) is 6.99. The van der Waals surface area contributed by atoms with Gasteiger partial charge in [-0.05, 0) is 44.6 Å². The Hall–Kier alpha value is -1.89. The Balaban J connectivity index is 2.14. The van der Waals surface area contributed by atoms with Gasteiger partial charge in [0, 0.05) is 11.3 Å². The largest absolute Gasteiger partial charge is 0.466 e. The molecule has 1 amide bonds. The molecule has 0 aliphatic heterocycles. The predicted molar refractivity (Wildman–Crippen MR) is 96.0 cm³/mol. The van der Waals surface area contributed by atoms with Gasteiger partial charge in [-0.15, -0.1) is 11.3 Å². The van der Waals surface area contributed by atoms with Gasteiger partial charge in [-0.25, -0.2) is 4.79 Å². The number of nitrogens with one attached hydrogen (secondary N) is 1. The van der Waals surface area contributed by atoms with Gasteiger partial charge in [0.15, 0.2) is 0 Å². The minimum absolute atomic E-state index is 0.0243. The van der Waals surface area contributed by atoms with E-state index < -0.39 is 11.9 Å². The fourth-order valence-electron chi connectivity index (χ4n) is 2.90. The minimum atomic E-state index is -0.400. The number of anilines is 1. The summed E-state index contributed by atoms with van der Waals surface area (Å²) in [5, 5.41) is 3.32. The van der Waals surface area contributed by atoms with E-state index in [1.807, 2.05) is 0 Å². The third-order valence-corrected chi connectivity index (χ3v) is 5.28. The molecule has 0 spiro atoms. The summed E-state index contributed by atoms with van der Waals surface area (Å²) >= 11 is 1.44. The second-order valence-electron chi connectivity index (χ2n) is 6.13. The molecule has 0 radical (unpaired) electrons. The number of hydrogen-bond acceptors (Lipinski definition) is 6. The summed E-state index contributed by atoms with van der Waals surface area (Å²) in [6, 6.07) is 0. The molecule has 1 N–H and O–H groups in total. The van der Waals surface area contributed by atoms with Crippen molar-refractivity contribution >= 4 is 34.2 Å². The van der Waals surface area contributed by atoms with Crippen LogP contribution in [0.1, 0.15) is 60.8 Å². The smallest absolute Gasteiger partial charge is 0.341 e. The summed E-state index contributed by atoms with van der Waals surface area (Å²) in [7, 11) is 0. The lowest BCUT2D eigenvalue weighted by molar-refractivity contribution is -0.144. The average molecular weight is 367 g/mol. The summed E-state index contributed by atoms with van der Waals surface area (Å²) in [5.74, 6) is -0.531. The lowest BCUT2D eigenvalue weighted by Crippen LogP contribution is -2.17. The van der Waals surface area contributed by atoms with E-state index in [9.17, 15) is 14.4 Å². The van der Waals surface area contributed by atoms with Gasteiger partial charge in [0.1, 0.15) is 5.00 Å².